The Morgan fingerprint density at radius 3 is 2.62 bits per heavy atom. The number of aromatic nitrogens is 2. The lowest BCUT2D eigenvalue weighted by atomic mass is 10.1. The second kappa shape index (κ2) is 8.14. The fraction of sp³-hybridized carbons (Fsp3) is 0.130. The van der Waals surface area contributed by atoms with Crippen LogP contribution in [0.25, 0.3) is 11.0 Å². The van der Waals surface area contributed by atoms with Gasteiger partial charge in [-0.25, -0.2) is 9.37 Å². The van der Waals surface area contributed by atoms with Crippen LogP contribution in [0.1, 0.15) is 21.5 Å². The number of ether oxygens (including phenoxy) is 1. The van der Waals surface area contributed by atoms with Crippen molar-refractivity contribution in [3.8, 4) is 5.75 Å². The molecule has 29 heavy (non-hydrogen) atoms. The van der Waals surface area contributed by atoms with Crippen molar-refractivity contribution in [2.24, 2.45) is 0 Å². The van der Waals surface area contributed by atoms with Gasteiger partial charge in [0.05, 0.1) is 30.0 Å². The molecule has 0 spiro atoms. The summed E-state index contributed by atoms with van der Waals surface area (Å²) in [6.07, 6.45) is 1.84. The number of para-hydroxylation sites is 2. The van der Waals surface area contributed by atoms with E-state index in [1.807, 2.05) is 54.9 Å². The monoisotopic (exact) mass is 389 g/mol. The summed E-state index contributed by atoms with van der Waals surface area (Å²) in [5.74, 6) is -0.519. The fourth-order valence-corrected chi connectivity index (χ4v) is 3.23. The highest BCUT2D eigenvalue weighted by Crippen LogP contribution is 2.19. The van der Waals surface area contributed by atoms with E-state index in [0.717, 1.165) is 22.2 Å². The van der Waals surface area contributed by atoms with E-state index in [1.54, 1.807) is 0 Å². The number of fused-ring (bicyclic) bond motifs is 1. The number of nitrogens with zero attached hydrogens (tertiary/aromatic N) is 2. The minimum atomic E-state index is -0.479. The van der Waals surface area contributed by atoms with Gasteiger partial charge in [-0.05, 0) is 41.5 Å². The van der Waals surface area contributed by atoms with Gasteiger partial charge in [0.25, 0.3) is 5.91 Å². The number of methoxy groups -OCH3 is 1. The van der Waals surface area contributed by atoms with E-state index in [-0.39, 0.29) is 11.5 Å². The number of imidazole rings is 1. The summed E-state index contributed by atoms with van der Waals surface area (Å²) < 4.78 is 20.7. The third kappa shape index (κ3) is 4.11. The molecular weight excluding hydrogens is 369 g/mol. The van der Waals surface area contributed by atoms with Crippen molar-refractivity contribution >= 4 is 16.9 Å². The summed E-state index contributed by atoms with van der Waals surface area (Å²) in [6.45, 7) is 1.06. The molecular formula is C23H20FN3O2. The molecule has 0 saturated heterocycles. The summed E-state index contributed by atoms with van der Waals surface area (Å²) in [5.41, 5.74) is 4.33. The maximum Gasteiger partial charge on any atom is 0.255 e. The maximum atomic E-state index is 13.5. The third-order valence-electron chi connectivity index (χ3n) is 4.76. The minimum Gasteiger partial charge on any atom is -0.496 e. The maximum absolute atomic E-state index is 13.5. The van der Waals surface area contributed by atoms with Gasteiger partial charge in [0, 0.05) is 13.1 Å². The molecule has 0 fully saturated rings. The summed E-state index contributed by atoms with van der Waals surface area (Å²) in [7, 11) is 1.45. The van der Waals surface area contributed by atoms with E-state index in [9.17, 15) is 9.18 Å². The Morgan fingerprint density at radius 2 is 1.83 bits per heavy atom. The average molecular weight is 389 g/mol. The van der Waals surface area contributed by atoms with Gasteiger partial charge >= 0.3 is 0 Å². The molecule has 1 heterocycles. The second-order valence-electron chi connectivity index (χ2n) is 6.70. The number of hydrogen-bond donors (Lipinski definition) is 1. The first-order valence-electron chi connectivity index (χ1n) is 9.23. The van der Waals surface area contributed by atoms with Gasteiger partial charge in [0.1, 0.15) is 11.6 Å². The standard InChI is InChI=1S/C23H20FN3O2/c1-29-22-11-10-18(24)12-19(22)23(28)25-13-16-6-8-17(9-7-16)14-27-15-26-20-4-2-3-5-21(20)27/h2-12,15H,13-14H2,1H3,(H,25,28). The van der Waals surface area contributed by atoms with Gasteiger partial charge in [-0.15, -0.1) is 0 Å². The van der Waals surface area contributed by atoms with Crippen molar-refractivity contribution in [2.45, 2.75) is 13.1 Å². The Bertz CT molecular complexity index is 1150. The van der Waals surface area contributed by atoms with Crippen molar-refractivity contribution < 1.29 is 13.9 Å². The van der Waals surface area contributed by atoms with E-state index in [0.29, 0.717) is 18.8 Å². The third-order valence-corrected chi connectivity index (χ3v) is 4.76. The summed E-state index contributed by atoms with van der Waals surface area (Å²) >= 11 is 0. The quantitative estimate of drug-likeness (QED) is 0.539. The highest BCUT2D eigenvalue weighted by Gasteiger charge is 2.13. The number of halogens is 1. The first-order chi connectivity index (χ1) is 14.1. The molecule has 0 aliphatic carbocycles. The van der Waals surface area contributed by atoms with Gasteiger partial charge in [0.2, 0.25) is 0 Å². The SMILES string of the molecule is COc1ccc(F)cc1C(=O)NCc1ccc(Cn2cnc3ccccc32)cc1. The molecule has 1 aromatic heterocycles. The summed E-state index contributed by atoms with van der Waals surface area (Å²) in [4.78, 5) is 16.8. The number of hydrogen-bond acceptors (Lipinski definition) is 3. The van der Waals surface area contributed by atoms with E-state index in [2.05, 4.69) is 14.9 Å². The molecule has 0 bridgehead atoms. The zero-order valence-corrected chi connectivity index (χ0v) is 15.9. The summed E-state index contributed by atoms with van der Waals surface area (Å²) in [5, 5.41) is 2.81. The lowest BCUT2D eigenvalue weighted by Gasteiger charge is -2.10. The molecule has 0 atom stereocenters. The van der Waals surface area contributed by atoms with Crippen LogP contribution >= 0.6 is 0 Å². The van der Waals surface area contributed by atoms with Crippen LogP contribution in [-0.2, 0) is 13.1 Å². The topological polar surface area (TPSA) is 56.1 Å². The van der Waals surface area contributed by atoms with Gasteiger partial charge in [0.15, 0.2) is 0 Å². The Labute approximate surface area is 167 Å². The zero-order chi connectivity index (χ0) is 20.2. The Morgan fingerprint density at radius 1 is 1.07 bits per heavy atom. The molecule has 3 aromatic carbocycles. The first-order valence-corrected chi connectivity index (χ1v) is 9.23. The molecule has 1 amide bonds. The fourth-order valence-electron chi connectivity index (χ4n) is 3.23. The zero-order valence-electron chi connectivity index (χ0n) is 15.9. The van der Waals surface area contributed by atoms with Crippen molar-refractivity contribution in [1.82, 2.24) is 14.9 Å². The number of nitrogens with one attached hydrogen (secondary N) is 1. The number of benzene rings is 3. The molecule has 0 unspecified atom stereocenters. The number of carbonyl (C=O) groups is 1. The first kappa shape index (κ1) is 18.7. The lowest BCUT2D eigenvalue weighted by Crippen LogP contribution is -2.23. The molecule has 0 radical (unpaired) electrons. The summed E-state index contributed by atoms with van der Waals surface area (Å²) in [6, 6.07) is 19.9. The Hall–Kier alpha value is -3.67. The van der Waals surface area contributed by atoms with Crippen LogP contribution in [0, 0.1) is 5.82 Å². The molecule has 4 aromatic rings. The van der Waals surface area contributed by atoms with Crippen LogP contribution in [0.3, 0.4) is 0 Å². The molecule has 5 nitrogen and oxygen atoms in total. The number of carbonyl (C=O) groups excluding carboxylic acids is 1. The van der Waals surface area contributed by atoms with Crippen molar-refractivity contribution in [3.63, 3.8) is 0 Å². The normalized spacial score (nSPS) is 10.8. The van der Waals surface area contributed by atoms with Crippen molar-refractivity contribution in [2.75, 3.05) is 7.11 Å². The average Bonchev–Trinajstić information content (AvgIpc) is 3.16. The van der Waals surface area contributed by atoms with Crippen molar-refractivity contribution in [1.29, 1.82) is 0 Å². The second-order valence-corrected chi connectivity index (χ2v) is 6.70. The van der Waals surface area contributed by atoms with Gasteiger partial charge < -0.3 is 14.6 Å². The molecule has 6 heteroatoms. The van der Waals surface area contributed by atoms with Gasteiger partial charge in [-0.3, -0.25) is 4.79 Å². The predicted octanol–water partition coefficient (Wildman–Crippen LogP) is 4.16. The van der Waals surface area contributed by atoms with Crippen LogP contribution in [0.4, 0.5) is 4.39 Å². The molecule has 0 aliphatic rings. The number of rotatable bonds is 6. The molecule has 0 aliphatic heterocycles. The highest BCUT2D eigenvalue weighted by molar-refractivity contribution is 5.96. The van der Waals surface area contributed by atoms with Crippen LogP contribution in [0.5, 0.6) is 5.75 Å². The minimum absolute atomic E-state index is 0.177. The Kier molecular flexibility index (Phi) is 5.24. The van der Waals surface area contributed by atoms with E-state index < -0.39 is 5.82 Å². The molecule has 0 saturated carbocycles. The largest absolute Gasteiger partial charge is 0.496 e. The predicted molar refractivity (Wildman–Crippen MR) is 109 cm³/mol. The highest BCUT2D eigenvalue weighted by atomic mass is 19.1. The van der Waals surface area contributed by atoms with Crippen LogP contribution in [-0.4, -0.2) is 22.6 Å². The van der Waals surface area contributed by atoms with E-state index in [1.165, 1.54) is 25.3 Å². The number of amides is 1. The van der Waals surface area contributed by atoms with E-state index >= 15 is 0 Å². The van der Waals surface area contributed by atoms with Crippen LogP contribution in [0.2, 0.25) is 0 Å². The van der Waals surface area contributed by atoms with Crippen LogP contribution in [0.15, 0.2) is 73.1 Å². The molecule has 4 rings (SSSR count). The molecule has 146 valence electrons. The lowest BCUT2D eigenvalue weighted by molar-refractivity contribution is 0.0947. The van der Waals surface area contributed by atoms with Gasteiger partial charge in [-0.1, -0.05) is 36.4 Å². The van der Waals surface area contributed by atoms with Crippen molar-refractivity contribution in [3.05, 3.63) is 95.6 Å². The molecule has 1 N–H and O–H groups in total. The smallest absolute Gasteiger partial charge is 0.255 e. The Balaban J connectivity index is 1.41. The van der Waals surface area contributed by atoms with Crippen LogP contribution < -0.4 is 10.1 Å². The van der Waals surface area contributed by atoms with Gasteiger partial charge in [-0.2, -0.15) is 0 Å². The van der Waals surface area contributed by atoms with E-state index in [4.69, 9.17) is 4.74 Å².